The van der Waals surface area contributed by atoms with Crippen molar-refractivity contribution in [3.8, 4) is 0 Å². The van der Waals surface area contributed by atoms with E-state index in [1.165, 1.54) is 0 Å². The Labute approximate surface area is 118 Å². The summed E-state index contributed by atoms with van der Waals surface area (Å²) in [5, 5.41) is 6.64. The molecule has 0 saturated carbocycles. The third-order valence-corrected chi connectivity index (χ3v) is 3.53. The van der Waals surface area contributed by atoms with E-state index in [9.17, 15) is 4.79 Å². The van der Waals surface area contributed by atoms with Gasteiger partial charge in [0.2, 0.25) is 0 Å². The van der Waals surface area contributed by atoms with Gasteiger partial charge in [-0.2, -0.15) is 0 Å². The molecule has 1 aromatic rings. The van der Waals surface area contributed by atoms with Crippen LogP contribution < -0.4 is 10.6 Å². The second-order valence-corrected chi connectivity index (χ2v) is 5.02. The Hall–Kier alpha value is -1.55. The van der Waals surface area contributed by atoms with Gasteiger partial charge in [-0.05, 0) is 30.5 Å². The van der Waals surface area contributed by atoms with E-state index < -0.39 is 5.54 Å². The number of carbonyl (C=O) groups is 1. The normalized spacial score (nSPS) is 24.4. The first-order valence-corrected chi connectivity index (χ1v) is 6.90. The van der Waals surface area contributed by atoms with Gasteiger partial charge in [-0.15, -0.1) is 0 Å². The van der Waals surface area contributed by atoms with Crippen molar-refractivity contribution in [1.29, 1.82) is 0 Å². The zero-order valence-corrected chi connectivity index (χ0v) is 11.9. The number of amides is 1. The summed E-state index contributed by atoms with van der Waals surface area (Å²) in [5.41, 5.74) is 0.0963. The number of nitrogens with zero attached hydrogens (tertiary/aromatic N) is 1. The van der Waals surface area contributed by atoms with Crippen molar-refractivity contribution in [2.24, 2.45) is 4.99 Å². The van der Waals surface area contributed by atoms with Gasteiger partial charge in [-0.25, -0.2) is 0 Å². The van der Waals surface area contributed by atoms with E-state index in [0.29, 0.717) is 23.9 Å². The molecule has 1 unspecified atom stereocenters. The minimum absolute atomic E-state index is 0.0767. The molecule has 0 bridgehead atoms. The number of benzene rings is 1. The molecule has 0 aromatic heterocycles. The summed E-state index contributed by atoms with van der Waals surface area (Å²) in [6.07, 6.45) is 1.57. The fourth-order valence-corrected chi connectivity index (χ4v) is 2.41. The number of hydrogen-bond acceptors (Lipinski definition) is 2. The molecule has 5 heteroatoms. The molecule has 1 heterocycles. The van der Waals surface area contributed by atoms with Crippen molar-refractivity contribution >= 4 is 23.5 Å². The zero-order chi connectivity index (χ0) is 13.9. The highest BCUT2D eigenvalue weighted by Crippen LogP contribution is 2.30. The predicted molar refractivity (Wildman–Crippen MR) is 77.3 cm³/mol. The van der Waals surface area contributed by atoms with E-state index in [1.807, 2.05) is 32.0 Å². The molecule has 2 N–H and O–H groups in total. The van der Waals surface area contributed by atoms with Crippen LogP contribution in [0.4, 0.5) is 0 Å². The van der Waals surface area contributed by atoms with Gasteiger partial charge in [0.1, 0.15) is 5.54 Å². The van der Waals surface area contributed by atoms with E-state index in [-0.39, 0.29) is 5.91 Å². The number of rotatable bonds is 4. The highest BCUT2D eigenvalue weighted by atomic mass is 35.5. The van der Waals surface area contributed by atoms with Crippen molar-refractivity contribution in [2.75, 3.05) is 6.54 Å². The molecule has 0 spiro atoms. The Morgan fingerprint density at radius 1 is 1.37 bits per heavy atom. The second-order valence-electron chi connectivity index (χ2n) is 4.58. The zero-order valence-electron chi connectivity index (χ0n) is 11.2. The van der Waals surface area contributed by atoms with Crippen LogP contribution in [-0.4, -0.2) is 18.4 Å². The number of hydrogen-bond donors (Lipinski definition) is 2. The van der Waals surface area contributed by atoms with Crippen molar-refractivity contribution in [3.63, 3.8) is 0 Å². The summed E-state index contributed by atoms with van der Waals surface area (Å²) < 4.78 is 0. The Bertz CT molecular complexity index is 515. The van der Waals surface area contributed by atoms with E-state index >= 15 is 0 Å². The Balaban J connectivity index is 2.36. The molecule has 1 aliphatic heterocycles. The Kier molecular flexibility index (Phi) is 4.10. The molecular weight excluding hydrogens is 262 g/mol. The van der Waals surface area contributed by atoms with Crippen LogP contribution in [0.2, 0.25) is 5.02 Å². The standard InChI is InChI=1S/C14H18ClN3O/c1-3-8-16-13-17-12(19)14(4-2,18-13)10-6-5-7-11(15)9-10/h5-7,9H,3-4,8H2,1-2H3,(H2,16,17,18,19). The maximum atomic E-state index is 12.3. The first kappa shape index (κ1) is 13.9. The maximum absolute atomic E-state index is 12.3. The third kappa shape index (κ3) is 2.59. The molecular formula is C14H18ClN3O. The van der Waals surface area contributed by atoms with Gasteiger partial charge in [-0.1, -0.05) is 37.6 Å². The number of nitrogens with one attached hydrogen (secondary N) is 2. The van der Waals surface area contributed by atoms with Gasteiger partial charge in [0.15, 0.2) is 5.96 Å². The summed E-state index contributed by atoms with van der Waals surface area (Å²) in [6.45, 7) is 4.71. The highest BCUT2D eigenvalue weighted by molar-refractivity contribution is 6.30. The fourth-order valence-electron chi connectivity index (χ4n) is 2.22. The molecule has 1 amide bonds. The van der Waals surface area contributed by atoms with Gasteiger partial charge in [0.05, 0.1) is 0 Å². The molecule has 1 atom stereocenters. The fraction of sp³-hybridized carbons (Fsp3) is 0.429. The van der Waals surface area contributed by atoms with Gasteiger partial charge in [-0.3, -0.25) is 15.1 Å². The topological polar surface area (TPSA) is 53.5 Å². The first-order valence-electron chi connectivity index (χ1n) is 6.52. The predicted octanol–water partition coefficient (Wildman–Crippen LogP) is 2.43. The van der Waals surface area contributed by atoms with Crippen LogP contribution in [0.25, 0.3) is 0 Å². The van der Waals surface area contributed by atoms with Crippen LogP contribution in [-0.2, 0) is 10.3 Å². The van der Waals surface area contributed by atoms with E-state index in [2.05, 4.69) is 15.6 Å². The lowest BCUT2D eigenvalue weighted by Gasteiger charge is -2.25. The van der Waals surface area contributed by atoms with E-state index in [0.717, 1.165) is 12.0 Å². The van der Waals surface area contributed by atoms with Crippen molar-refractivity contribution in [1.82, 2.24) is 10.6 Å². The quantitative estimate of drug-likeness (QED) is 0.889. The molecule has 4 nitrogen and oxygen atoms in total. The van der Waals surface area contributed by atoms with Crippen LogP contribution in [0.15, 0.2) is 29.3 Å². The molecule has 1 saturated heterocycles. The van der Waals surface area contributed by atoms with Crippen LogP contribution in [0.3, 0.4) is 0 Å². The minimum atomic E-state index is -0.766. The average Bonchev–Trinajstić information content (AvgIpc) is 2.74. The van der Waals surface area contributed by atoms with Crippen LogP contribution in [0, 0.1) is 0 Å². The number of carbonyl (C=O) groups excluding carboxylic acids is 1. The monoisotopic (exact) mass is 279 g/mol. The Morgan fingerprint density at radius 2 is 2.16 bits per heavy atom. The number of halogens is 1. The first-order chi connectivity index (χ1) is 9.12. The van der Waals surface area contributed by atoms with Crippen LogP contribution in [0.1, 0.15) is 32.3 Å². The van der Waals surface area contributed by atoms with Crippen molar-refractivity contribution in [2.45, 2.75) is 32.2 Å². The van der Waals surface area contributed by atoms with Crippen LogP contribution >= 0.6 is 11.6 Å². The molecule has 2 rings (SSSR count). The average molecular weight is 280 g/mol. The minimum Gasteiger partial charge on any atom is -0.338 e. The molecule has 19 heavy (non-hydrogen) atoms. The van der Waals surface area contributed by atoms with Gasteiger partial charge in [0, 0.05) is 11.6 Å². The van der Waals surface area contributed by atoms with Gasteiger partial charge >= 0.3 is 0 Å². The maximum Gasteiger partial charge on any atom is 0.257 e. The molecule has 0 radical (unpaired) electrons. The SMILES string of the molecule is CCCN=C1NC(=O)C(CC)(c2cccc(Cl)c2)N1. The lowest BCUT2D eigenvalue weighted by molar-refractivity contribution is -0.124. The van der Waals surface area contributed by atoms with E-state index in [1.54, 1.807) is 6.07 Å². The summed E-state index contributed by atoms with van der Waals surface area (Å²) in [5.74, 6) is 0.473. The van der Waals surface area contributed by atoms with Gasteiger partial charge in [0.25, 0.3) is 5.91 Å². The smallest absolute Gasteiger partial charge is 0.257 e. The third-order valence-electron chi connectivity index (χ3n) is 3.29. The second kappa shape index (κ2) is 5.61. The Morgan fingerprint density at radius 3 is 2.79 bits per heavy atom. The van der Waals surface area contributed by atoms with Crippen LogP contribution in [0.5, 0.6) is 0 Å². The lowest BCUT2D eigenvalue weighted by Crippen LogP contribution is -2.43. The van der Waals surface area contributed by atoms with Gasteiger partial charge < -0.3 is 5.32 Å². The number of aliphatic imine (C=N–C) groups is 1. The number of guanidine groups is 1. The molecule has 1 aliphatic rings. The summed E-state index contributed by atoms with van der Waals surface area (Å²) in [7, 11) is 0. The van der Waals surface area contributed by atoms with Crippen molar-refractivity contribution < 1.29 is 4.79 Å². The molecule has 0 aliphatic carbocycles. The molecule has 1 aromatic carbocycles. The lowest BCUT2D eigenvalue weighted by atomic mass is 9.87. The highest BCUT2D eigenvalue weighted by Gasteiger charge is 2.45. The largest absolute Gasteiger partial charge is 0.338 e. The summed E-state index contributed by atoms with van der Waals surface area (Å²) in [4.78, 5) is 16.6. The van der Waals surface area contributed by atoms with E-state index in [4.69, 9.17) is 11.6 Å². The van der Waals surface area contributed by atoms with Crippen molar-refractivity contribution in [3.05, 3.63) is 34.9 Å². The summed E-state index contributed by atoms with van der Waals surface area (Å²) >= 11 is 6.02. The molecule has 102 valence electrons. The molecule has 1 fully saturated rings. The summed E-state index contributed by atoms with van der Waals surface area (Å²) in [6, 6.07) is 7.38.